The van der Waals surface area contributed by atoms with Gasteiger partial charge in [0.25, 0.3) is 0 Å². The number of aromatic nitrogens is 1. The van der Waals surface area contributed by atoms with Crippen molar-refractivity contribution < 1.29 is 29.0 Å². The fourth-order valence-electron chi connectivity index (χ4n) is 5.31. The zero-order chi connectivity index (χ0) is 34.1. The van der Waals surface area contributed by atoms with Gasteiger partial charge < -0.3 is 30.5 Å². The van der Waals surface area contributed by atoms with Crippen molar-refractivity contribution >= 4 is 24.3 Å². The van der Waals surface area contributed by atoms with Crippen molar-refractivity contribution in [3.63, 3.8) is 0 Å². The molecule has 0 saturated carbocycles. The molecule has 0 bridgehead atoms. The third kappa shape index (κ3) is 12.3. The first-order valence-corrected chi connectivity index (χ1v) is 16.3. The van der Waals surface area contributed by atoms with E-state index in [1.54, 1.807) is 30.6 Å². The van der Waals surface area contributed by atoms with E-state index in [9.17, 15) is 19.5 Å². The molecular formula is C37H45N5O6. The molecule has 2 aromatic carbocycles. The van der Waals surface area contributed by atoms with Crippen LogP contribution >= 0.6 is 0 Å². The van der Waals surface area contributed by atoms with Crippen LogP contribution in [0.3, 0.4) is 0 Å². The summed E-state index contributed by atoms with van der Waals surface area (Å²) in [5.74, 6) is -0.748. The zero-order valence-corrected chi connectivity index (χ0v) is 27.5. The number of aliphatic hydroxyl groups excluding tert-OH is 1. The lowest BCUT2D eigenvalue weighted by molar-refractivity contribution is -0.125. The Morgan fingerprint density at radius 3 is 2.08 bits per heavy atom. The Hall–Kier alpha value is -5.03. The molecule has 1 aromatic heterocycles. The Bertz CT molecular complexity index is 1500. The lowest BCUT2D eigenvalue weighted by Gasteiger charge is -2.30. The zero-order valence-electron chi connectivity index (χ0n) is 27.5. The van der Waals surface area contributed by atoms with Gasteiger partial charge in [0.15, 0.2) is 0 Å². The Balaban J connectivity index is 1.45. The van der Waals surface area contributed by atoms with Crippen LogP contribution in [0.5, 0.6) is 0 Å². The lowest BCUT2D eigenvalue weighted by atomic mass is 9.93. The molecule has 11 heteroatoms. The van der Waals surface area contributed by atoms with Gasteiger partial charge in [-0.1, -0.05) is 86.7 Å². The van der Waals surface area contributed by atoms with Crippen molar-refractivity contribution in [3.05, 3.63) is 114 Å². The Morgan fingerprint density at radius 1 is 0.812 bits per heavy atom. The fraction of sp³-hybridized carbons (Fsp3) is 0.378. The summed E-state index contributed by atoms with van der Waals surface area (Å²) in [5, 5.41) is 20.2. The molecule has 1 aliphatic rings. The molecular weight excluding hydrogens is 610 g/mol. The van der Waals surface area contributed by atoms with Gasteiger partial charge in [-0.05, 0) is 54.9 Å². The highest BCUT2D eigenvalue weighted by Gasteiger charge is 2.31. The Labute approximate surface area is 281 Å². The molecule has 0 radical (unpaired) electrons. The van der Waals surface area contributed by atoms with E-state index >= 15 is 0 Å². The lowest BCUT2D eigenvalue weighted by Crippen LogP contribution is -2.56. The van der Waals surface area contributed by atoms with Gasteiger partial charge in [0.2, 0.25) is 5.91 Å². The highest BCUT2D eigenvalue weighted by Crippen LogP contribution is 2.16. The maximum Gasteiger partial charge on any atom is 0.408 e. The third-order valence-corrected chi connectivity index (χ3v) is 7.86. The summed E-state index contributed by atoms with van der Waals surface area (Å²) >= 11 is 0. The minimum Gasteiger partial charge on any atom is -0.445 e. The van der Waals surface area contributed by atoms with Crippen LogP contribution in [0, 0.1) is 5.92 Å². The normalized spacial score (nSPS) is 15.0. The number of carbonyl (C=O) groups is 3. The van der Waals surface area contributed by atoms with Crippen LogP contribution in [0.25, 0.3) is 0 Å². The number of hydrogen-bond donors (Lipinski definition) is 4. The molecule has 11 nitrogen and oxygen atoms in total. The average molecular weight is 656 g/mol. The highest BCUT2D eigenvalue weighted by molar-refractivity contribution is 5.86. The van der Waals surface area contributed by atoms with E-state index in [2.05, 4.69) is 25.9 Å². The summed E-state index contributed by atoms with van der Waals surface area (Å²) in [6.45, 7) is 4.39. The number of carbonyl (C=O) groups excluding carboxylic acids is 3. The van der Waals surface area contributed by atoms with Crippen LogP contribution in [0.15, 0.2) is 102 Å². The molecule has 4 rings (SSSR count). The topological polar surface area (TPSA) is 151 Å². The number of aliphatic imine (C=N–C) groups is 1. The number of benzene rings is 2. The van der Waals surface area contributed by atoms with E-state index in [4.69, 9.17) is 9.47 Å². The molecule has 0 saturated heterocycles. The van der Waals surface area contributed by atoms with Crippen molar-refractivity contribution in [2.45, 2.75) is 70.4 Å². The smallest absolute Gasteiger partial charge is 0.408 e. The van der Waals surface area contributed by atoms with Crippen LogP contribution in [-0.4, -0.2) is 71.8 Å². The second-order valence-corrected chi connectivity index (χ2v) is 12.1. The number of ether oxygens (including phenoxy) is 2. The van der Waals surface area contributed by atoms with E-state index in [0.717, 1.165) is 29.7 Å². The molecule has 254 valence electrons. The van der Waals surface area contributed by atoms with Crippen molar-refractivity contribution in [2.24, 2.45) is 10.9 Å². The van der Waals surface area contributed by atoms with Gasteiger partial charge in [-0.2, -0.15) is 0 Å². The fourth-order valence-corrected chi connectivity index (χ4v) is 5.31. The monoisotopic (exact) mass is 655 g/mol. The largest absolute Gasteiger partial charge is 0.445 e. The van der Waals surface area contributed by atoms with E-state index in [1.165, 1.54) is 0 Å². The summed E-state index contributed by atoms with van der Waals surface area (Å²) < 4.78 is 10.8. The molecule has 4 atom stereocenters. The summed E-state index contributed by atoms with van der Waals surface area (Å²) in [5.41, 5.74) is 3.27. The van der Waals surface area contributed by atoms with Gasteiger partial charge in [0.1, 0.15) is 19.3 Å². The molecule has 3 aromatic rings. The number of hydrogen-bond acceptors (Lipinski definition) is 8. The molecule has 0 aliphatic carbocycles. The van der Waals surface area contributed by atoms with E-state index < -0.39 is 42.3 Å². The van der Waals surface area contributed by atoms with Gasteiger partial charge in [-0.25, -0.2) is 9.59 Å². The van der Waals surface area contributed by atoms with Gasteiger partial charge in [-0.3, -0.25) is 14.8 Å². The number of pyridine rings is 1. The molecule has 0 spiro atoms. The predicted octanol–water partition coefficient (Wildman–Crippen LogP) is 4.55. The average Bonchev–Trinajstić information content (AvgIpc) is 3.10. The first kappa shape index (κ1) is 35.8. The van der Waals surface area contributed by atoms with Crippen LogP contribution in [0.2, 0.25) is 0 Å². The van der Waals surface area contributed by atoms with Crippen molar-refractivity contribution in [1.82, 2.24) is 20.9 Å². The summed E-state index contributed by atoms with van der Waals surface area (Å²) in [6, 6.07) is 22.2. The van der Waals surface area contributed by atoms with Gasteiger partial charge in [0.05, 0.1) is 17.8 Å². The van der Waals surface area contributed by atoms with Crippen molar-refractivity contribution in [1.29, 1.82) is 0 Å². The van der Waals surface area contributed by atoms with Crippen LogP contribution in [0.1, 0.15) is 43.5 Å². The SMILES string of the molecule is CC(C)C(NC(=O)OCc1ccccn1)C(=O)NC(Cc1ccccc1)C(O)CC(Cc1ccccc1)NC(=O)OCC1=CCCN=C1. The van der Waals surface area contributed by atoms with Gasteiger partial charge in [0, 0.05) is 30.6 Å². The van der Waals surface area contributed by atoms with E-state index in [1.807, 2.05) is 80.6 Å². The number of nitrogens with one attached hydrogen (secondary N) is 3. The molecule has 4 unspecified atom stereocenters. The van der Waals surface area contributed by atoms with E-state index in [0.29, 0.717) is 18.5 Å². The summed E-state index contributed by atoms with van der Waals surface area (Å²) in [6.07, 6.45) is 4.54. The number of amides is 3. The summed E-state index contributed by atoms with van der Waals surface area (Å²) in [4.78, 5) is 47.6. The number of aliphatic hydroxyl groups is 1. The van der Waals surface area contributed by atoms with Crippen molar-refractivity contribution in [2.75, 3.05) is 13.2 Å². The minimum atomic E-state index is -1.07. The molecule has 2 heterocycles. The number of dihydropyridines is 1. The number of alkyl carbamates (subject to hydrolysis) is 2. The number of nitrogens with zero attached hydrogens (tertiary/aromatic N) is 2. The molecule has 4 N–H and O–H groups in total. The molecule has 48 heavy (non-hydrogen) atoms. The van der Waals surface area contributed by atoms with Crippen LogP contribution in [0.4, 0.5) is 9.59 Å². The second kappa shape index (κ2) is 19.0. The maximum absolute atomic E-state index is 13.7. The van der Waals surface area contributed by atoms with E-state index in [-0.39, 0.29) is 25.6 Å². The second-order valence-electron chi connectivity index (χ2n) is 12.1. The Morgan fingerprint density at radius 2 is 1.46 bits per heavy atom. The minimum absolute atomic E-state index is 0.0438. The predicted molar refractivity (Wildman–Crippen MR) is 183 cm³/mol. The van der Waals surface area contributed by atoms with Crippen molar-refractivity contribution in [3.8, 4) is 0 Å². The van der Waals surface area contributed by atoms with Gasteiger partial charge in [-0.15, -0.1) is 0 Å². The first-order valence-electron chi connectivity index (χ1n) is 16.3. The van der Waals surface area contributed by atoms with Crippen LogP contribution < -0.4 is 16.0 Å². The first-order chi connectivity index (χ1) is 23.3. The maximum atomic E-state index is 13.7. The molecule has 0 fully saturated rings. The molecule has 3 amide bonds. The third-order valence-electron chi connectivity index (χ3n) is 7.86. The standard InChI is InChI=1S/C37H45N5O6/c1-26(2)34(42-37(46)48-25-30-17-9-10-19-39-30)35(44)41-32(21-28-14-7-4-8-15-28)33(43)22-31(20-27-12-5-3-6-13-27)40-36(45)47-24-29-16-11-18-38-23-29/h3-10,12-17,19,23,26,31-34,43H,11,18,20-22,24-25H2,1-2H3,(H,40,45)(H,41,44)(H,42,46). The quantitative estimate of drug-likeness (QED) is 0.177. The molecule has 1 aliphatic heterocycles. The highest BCUT2D eigenvalue weighted by atomic mass is 16.6. The number of rotatable bonds is 16. The summed E-state index contributed by atoms with van der Waals surface area (Å²) in [7, 11) is 0. The Kier molecular flexibility index (Phi) is 14.1. The van der Waals surface area contributed by atoms with Crippen LogP contribution in [-0.2, 0) is 33.7 Å². The van der Waals surface area contributed by atoms with Gasteiger partial charge >= 0.3 is 12.2 Å².